The average Bonchev–Trinajstić information content (AvgIpc) is 2.54. The van der Waals surface area contributed by atoms with Crippen LogP contribution < -0.4 is 11.1 Å². The highest BCUT2D eigenvalue weighted by atomic mass is 32.1. The average molecular weight is 373 g/mol. The smallest absolute Gasteiger partial charge is 0.435 e. The van der Waals surface area contributed by atoms with Crippen LogP contribution in [0, 0.1) is 0 Å². The molecule has 0 saturated heterocycles. The fourth-order valence-corrected chi connectivity index (χ4v) is 2.29. The molecular formula is C15H23N3O6S. The van der Waals surface area contributed by atoms with Gasteiger partial charge in [-0.3, -0.25) is 4.99 Å². The molecule has 1 rings (SSSR count). The summed E-state index contributed by atoms with van der Waals surface area (Å²) in [4.78, 5) is 27.7. The van der Waals surface area contributed by atoms with Gasteiger partial charge in [0, 0.05) is 11.8 Å². The standard InChI is InChI=1S/C15H23N3O6S/c1-4-21-13(19)23-8-11-6-7-17-10(3)15(11,9-18-12(16)25)24-14(20)22-5-2/h6-7,10H,4-5,8-9H2,1-3H3,(H3,16,18,25). The molecule has 3 N–H and O–H groups in total. The van der Waals surface area contributed by atoms with Gasteiger partial charge in [-0.25, -0.2) is 9.59 Å². The largest absolute Gasteiger partial charge is 0.509 e. The molecule has 0 saturated carbocycles. The van der Waals surface area contributed by atoms with Crippen molar-refractivity contribution in [1.29, 1.82) is 0 Å². The van der Waals surface area contributed by atoms with Gasteiger partial charge in [0.25, 0.3) is 0 Å². The zero-order valence-electron chi connectivity index (χ0n) is 14.4. The van der Waals surface area contributed by atoms with Crippen LogP contribution in [0.3, 0.4) is 0 Å². The zero-order valence-corrected chi connectivity index (χ0v) is 15.3. The molecule has 0 fully saturated rings. The lowest BCUT2D eigenvalue weighted by molar-refractivity contribution is -0.0288. The van der Waals surface area contributed by atoms with Crippen molar-refractivity contribution in [3.63, 3.8) is 0 Å². The molecule has 0 amide bonds. The SMILES string of the molecule is CCOC(=O)OCC1=CC=NC(C)C1(CNC(N)=S)OC(=O)OCC. The predicted molar refractivity (Wildman–Crippen MR) is 94.6 cm³/mol. The number of aliphatic imine (C=N–C) groups is 1. The molecule has 0 aromatic carbocycles. The number of carbonyl (C=O) groups excluding carboxylic acids is 2. The van der Waals surface area contributed by atoms with E-state index < -0.39 is 24.0 Å². The summed E-state index contributed by atoms with van der Waals surface area (Å²) in [6.07, 6.45) is 1.44. The second kappa shape index (κ2) is 9.82. The van der Waals surface area contributed by atoms with Gasteiger partial charge in [-0.05, 0) is 39.1 Å². The van der Waals surface area contributed by atoms with Gasteiger partial charge in [0.15, 0.2) is 10.7 Å². The van der Waals surface area contributed by atoms with E-state index in [4.69, 9.17) is 36.9 Å². The minimum Gasteiger partial charge on any atom is -0.435 e. The topological polar surface area (TPSA) is 121 Å². The van der Waals surface area contributed by atoms with E-state index >= 15 is 0 Å². The van der Waals surface area contributed by atoms with Gasteiger partial charge in [-0.2, -0.15) is 0 Å². The maximum absolute atomic E-state index is 11.9. The van der Waals surface area contributed by atoms with Crippen LogP contribution in [-0.4, -0.2) is 61.6 Å². The van der Waals surface area contributed by atoms with E-state index in [0.717, 1.165) is 0 Å². The Kier molecular flexibility index (Phi) is 8.12. The number of carbonyl (C=O) groups is 2. The fourth-order valence-electron chi connectivity index (χ4n) is 2.22. The Morgan fingerprint density at radius 3 is 2.52 bits per heavy atom. The highest BCUT2D eigenvalue weighted by molar-refractivity contribution is 7.80. The Bertz CT molecular complexity index is 565. The molecule has 2 unspecified atom stereocenters. The van der Waals surface area contributed by atoms with Crippen LogP contribution in [0.1, 0.15) is 20.8 Å². The van der Waals surface area contributed by atoms with Gasteiger partial charge < -0.3 is 30.0 Å². The number of thiocarbonyl (C=S) groups is 1. The number of hydrogen-bond acceptors (Lipinski definition) is 8. The van der Waals surface area contributed by atoms with Crippen LogP contribution in [0.4, 0.5) is 9.59 Å². The number of nitrogens with zero attached hydrogens (tertiary/aromatic N) is 1. The zero-order chi connectivity index (χ0) is 18.9. The monoisotopic (exact) mass is 373 g/mol. The molecule has 0 aromatic heterocycles. The molecule has 140 valence electrons. The Balaban J connectivity index is 3.05. The molecule has 0 radical (unpaired) electrons. The Hall–Kier alpha value is -2.36. The molecule has 1 aliphatic heterocycles. The first kappa shape index (κ1) is 20.7. The summed E-state index contributed by atoms with van der Waals surface area (Å²) in [5.74, 6) is 0. The summed E-state index contributed by atoms with van der Waals surface area (Å²) in [7, 11) is 0. The number of rotatable bonds is 7. The van der Waals surface area contributed by atoms with Crippen molar-refractivity contribution in [3.8, 4) is 0 Å². The highest BCUT2D eigenvalue weighted by Gasteiger charge is 2.46. The van der Waals surface area contributed by atoms with E-state index in [2.05, 4.69) is 10.3 Å². The van der Waals surface area contributed by atoms with Gasteiger partial charge in [-0.1, -0.05) is 0 Å². The van der Waals surface area contributed by atoms with Gasteiger partial charge in [-0.15, -0.1) is 0 Å². The van der Waals surface area contributed by atoms with E-state index in [1.54, 1.807) is 33.1 Å². The number of hydrogen-bond donors (Lipinski definition) is 2. The van der Waals surface area contributed by atoms with Crippen molar-refractivity contribution in [2.24, 2.45) is 10.7 Å². The molecule has 25 heavy (non-hydrogen) atoms. The number of nitrogens with two attached hydrogens (primary N) is 1. The molecule has 0 aliphatic carbocycles. The third-order valence-electron chi connectivity index (χ3n) is 3.46. The summed E-state index contributed by atoms with van der Waals surface area (Å²) in [5.41, 5.74) is 4.70. The van der Waals surface area contributed by atoms with Crippen molar-refractivity contribution in [2.75, 3.05) is 26.4 Å². The van der Waals surface area contributed by atoms with Gasteiger partial charge in [0.05, 0.1) is 25.8 Å². The number of dihydropyridines is 1. The second-order valence-corrected chi connectivity index (χ2v) is 5.47. The van der Waals surface area contributed by atoms with Crippen molar-refractivity contribution in [1.82, 2.24) is 5.32 Å². The molecule has 9 nitrogen and oxygen atoms in total. The summed E-state index contributed by atoms with van der Waals surface area (Å²) >= 11 is 4.83. The maximum Gasteiger partial charge on any atom is 0.509 e. The third kappa shape index (κ3) is 5.89. The van der Waals surface area contributed by atoms with Crippen LogP contribution in [0.5, 0.6) is 0 Å². The molecule has 0 bridgehead atoms. The fraction of sp³-hybridized carbons (Fsp3) is 0.600. The molecule has 1 aliphatic rings. The van der Waals surface area contributed by atoms with E-state index in [0.29, 0.717) is 5.57 Å². The summed E-state index contributed by atoms with van der Waals surface area (Å²) < 4.78 is 20.2. The molecule has 10 heteroatoms. The van der Waals surface area contributed by atoms with Crippen molar-refractivity contribution in [2.45, 2.75) is 32.4 Å². The molecule has 0 spiro atoms. The first-order valence-corrected chi connectivity index (χ1v) is 8.18. The first-order chi connectivity index (χ1) is 11.9. The van der Waals surface area contributed by atoms with Crippen LogP contribution in [0.2, 0.25) is 0 Å². The van der Waals surface area contributed by atoms with E-state index in [1.165, 1.54) is 0 Å². The number of allylic oxidation sites excluding steroid dienone is 1. The molecule has 1 heterocycles. The summed E-state index contributed by atoms with van der Waals surface area (Å²) in [5, 5.41) is 2.79. The minimum atomic E-state index is -1.28. The van der Waals surface area contributed by atoms with E-state index in [9.17, 15) is 9.59 Å². The second-order valence-electron chi connectivity index (χ2n) is 5.03. The van der Waals surface area contributed by atoms with E-state index in [-0.39, 0.29) is 31.5 Å². The normalized spacial score (nSPS) is 21.7. The summed E-state index contributed by atoms with van der Waals surface area (Å²) in [6.45, 7) is 5.27. The summed E-state index contributed by atoms with van der Waals surface area (Å²) in [6, 6.07) is -0.496. The Morgan fingerprint density at radius 1 is 1.28 bits per heavy atom. The molecular weight excluding hydrogens is 350 g/mol. The Morgan fingerprint density at radius 2 is 1.92 bits per heavy atom. The van der Waals surface area contributed by atoms with Gasteiger partial charge >= 0.3 is 12.3 Å². The van der Waals surface area contributed by atoms with Gasteiger partial charge in [0.2, 0.25) is 0 Å². The van der Waals surface area contributed by atoms with Crippen LogP contribution in [0.15, 0.2) is 16.6 Å². The van der Waals surface area contributed by atoms with Gasteiger partial charge in [0.1, 0.15) is 6.61 Å². The highest BCUT2D eigenvalue weighted by Crippen LogP contribution is 2.31. The van der Waals surface area contributed by atoms with Crippen molar-refractivity contribution < 1.29 is 28.5 Å². The third-order valence-corrected chi connectivity index (χ3v) is 3.61. The maximum atomic E-state index is 11.9. The van der Waals surface area contributed by atoms with Crippen LogP contribution >= 0.6 is 12.2 Å². The predicted octanol–water partition coefficient (Wildman–Crippen LogP) is 1.30. The number of ether oxygens (including phenoxy) is 4. The molecule has 2 atom stereocenters. The van der Waals surface area contributed by atoms with Crippen LogP contribution in [-0.2, 0) is 18.9 Å². The van der Waals surface area contributed by atoms with E-state index in [1.807, 2.05) is 0 Å². The number of nitrogens with one attached hydrogen (secondary N) is 1. The van der Waals surface area contributed by atoms with Crippen molar-refractivity contribution >= 4 is 35.9 Å². The van der Waals surface area contributed by atoms with Crippen molar-refractivity contribution in [3.05, 3.63) is 11.6 Å². The van der Waals surface area contributed by atoms with Crippen LogP contribution in [0.25, 0.3) is 0 Å². The quantitative estimate of drug-likeness (QED) is 0.502. The lowest BCUT2D eigenvalue weighted by Crippen LogP contribution is -2.56. The lowest BCUT2D eigenvalue weighted by Gasteiger charge is -2.39. The minimum absolute atomic E-state index is 0.0271. The Labute approximate surface area is 151 Å². The first-order valence-electron chi connectivity index (χ1n) is 7.77. The molecule has 0 aromatic rings. The lowest BCUT2D eigenvalue weighted by atomic mass is 9.85.